The Morgan fingerprint density at radius 3 is 2.10 bits per heavy atom. The highest BCUT2D eigenvalue weighted by Crippen LogP contribution is 2.11. The van der Waals surface area contributed by atoms with Crippen molar-refractivity contribution in [2.24, 2.45) is 5.92 Å². The summed E-state index contributed by atoms with van der Waals surface area (Å²) in [5.41, 5.74) is -0.907. The van der Waals surface area contributed by atoms with Crippen LogP contribution in [0.5, 0.6) is 0 Å². The number of hydrogen-bond acceptors (Lipinski definition) is 4. The van der Waals surface area contributed by atoms with Crippen molar-refractivity contribution in [2.45, 2.75) is 46.2 Å². The van der Waals surface area contributed by atoms with Crippen molar-refractivity contribution < 1.29 is 9.90 Å². The van der Waals surface area contributed by atoms with Crippen LogP contribution in [0.3, 0.4) is 0 Å². The maximum absolute atomic E-state index is 11.6. The van der Waals surface area contributed by atoms with Crippen molar-refractivity contribution in [1.82, 2.24) is 15.1 Å². The van der Waals surface area contributed by atoms with Gasteiger partial charge in [0.2, 0.25) is 0 Å². The van der Waals surface area contributed by atoms with Gasteiger partial charge in [-0.25, -0.2) is 0 Å². The van der Waals surface area contributed by atoms with Crippen molar-refractivity contribution >= 4 is 5.97 Å². The molecule has 0 saturated heterocycles. The minimum atomic E-state index is -0.907. The lowest BCUT2D eigenvalue weighted by molar-refractivity contribution is -0.145. The maximum atomic E-state index is 11.6. The van der Waals surface area contributed by atoms with E-state index in [0.29, 0.717) is 12.5 Å². The Bertz CT molecular complexity index is 293. The summed E-state index contributed by atoms with van der Waals surface area (Å²) in [5.74, 6) is -0.265. The van der Waals surface area contributed by atoms with E-state index >= 15 is 0 Å². The van der Waals surface area contributed by atoms with Gasteiger partial charge in [-0.1, -0.05) is 13.8 Å². The fraction of sp³-hybridized carbons (Fsp3) is 0.933. The first-order valence-corrected chi connectivity index (χ1v) is 7.45. The molecule has 0 rings (SSSR count). The SMILES string of the molecule is CC(C)CN(CCN(C)C)CC(C)(NC(C)C)C(=O)O. The summed E-state index contributed by atoms with van der Waals surface area (Å²) in [7, 11) is 4.08. The van der Waals surface area contributed by atoms with Crippen molar-refractivity contribution in [1.29, 1.82) is 0 Å². The topological polar surface area (TPSA) is 55.8 Å². The van der Waals surface area contributed by atoms with Gasteiger partial charge in [0.25, 0.3) is 0 Å². The number of rotatable bonds is 10. The number of carboxylic acid groups (broad SMARTS) is 1. The van der Waals surface area contributed by atoms with E-state index in [9.17, 15) is 9.90 Å². The molecule has 1 unspecified atom stereocenters. The van der Waals surface area contributed by atoms with E-state index in [0.717, 1.165) is 19.6 Å². The predicted octanol–water partition coefficient (Wildman–Crippen LogP) is 1.35. The lowest BCUT2D eigenvalue weighted by Gasteiger charge is -2.35. The monoisotopic (exact) mass is 287 g/mol. The van der Waals surface area contributed by atoms with Crippen LogP contribution >= 0.6 is 0 Å². The molecular formula is C15H33N3O2. The molecule has 0 bridgehead atoms. The molecule has 0 aliphatic carbocycles. The summed E-state index contributed by atoms with van der Waals surface area (Å²) in [4.78, 5) is 16.0. The molecule has 0 aromatic carbocycles. The summed E-state index contributed by atoms with van der Waals surface area (Å²) < 4.78 is 0. The van der Waals surface area contributed by atoms with Crippen LogP contribution in [-0.4, -0.2) is 72.7 Å². The van der Waals surface area contributed by atoms with E-state index in [1.54, 1.807) is 6.92 Å². The van der Waals surface area contributed by atoms with Crippen molar-refractivity contribution in [2.75, 3.05) is 40.3 Å². The standard InChI is InChI=1S/C15H33N3O2/c1-12(2)10-18(9-8-17(6)7)11-15(5,14(19)20)16-13(3)4/h12-13,16H,8-11H2,1-7H3,(H,19,20). The van der Waals surface area contributed by atoms with Gasteiger partial charge in [-0.2, -0.15) is 0 Å². The van der Waals surface area contributed by atoms with Crippen LogP contribution in [0.2, 0.25) is 0 Å². The summed E-state index contributed by atoms with van der Waals surface area (Å²) >= 11 is 0. The third-order valence-corrected chi connectivity index (χ3v) is 3.11. The summed E-state index contributed by atoms with van der Waals surface area (Å²) in [6.45, 7) is 13.3. The molecule has 0 radical (unpaired) electrons. The average Bonchev–Trinajstić information content (AvgIpc) is 2.23. The van der Waals surface area contributed by atoms with Gasteiger partial charge in [0.1, 0.15) is 5.54 Å². The van der Waals surface area contributed by atoms with Crippen LogP contribution < -0.4 is 5.32 Å². The fourth-order valence-electron chi connectivity index (χ4n) is 2.35. The van der Waals surface area contributed by atoms with E-state index in [-0.39, 0.29) is 6.04 Å². The Morgan fingerprint density at radius 2 is 1.75 bits per heavy atom. The van der Waals surface area contributed by atoms with Gasteiger partial charge >= 0.3 is 5.97 Å². The molecule has 0 aromatic heterocycles. The van der Waals surface area contributed by atoms with Gasteiger partial charge in [-0.05, 0) is 40.8 Å². The number of hydrogen-bond donors (Lipinski definition) is 2. The molecule has 0 spiro atoms. The highest BCUT2D eigenvalue weighted by Gasteiger charge is 2.35. The van der Waals surface area contributed by atoms with Gasteiger partial charge in [0, 0.05) is 32.2 Å². The van der Waals surface area contributed by atoms with E-state index in [1.807, 2.05) is 27.9 Å². The first kappa shape index (κ1) is 19.4. The number of nitrogens with zero attached hydrogens (tertiary/aromatic N) is 2. The quantitative estimate of drug-likeness (QED) is 0.635. The normalized spacial score (nSPS) is 15.3. The molecule has 0 aliphatic heterocycles. The van der Waals surface area contributed by atoms with Crippen LogP contribution in [0.1, 0.15) is 34.6 Å². The second kappa shape index (κ2) is 8.60. The van der Waals surface area contributed by atoms with Gasteiger partial charge in [-0.15, -0.1) is 0 Å². The van der Waals surface area contributed by atoms with Crippen molar-refractivity contribution in [3.8, 4) is 0 Å². The van der Waals surface area contributed by atoms with Crippen molar-refractivity contribution in [3.63, 3.8) is 0 Å². The molecule has 0 heterocycles. The second-order valence-electron chi connectivity index (χ2n) is 6.87. The highest BCUT2D eigenvalue weighted by atomic mass is 16.4. The van der Waals surface area contributed by atoms with Crippen LogP contribution in [0.15, 0.2) is 0 Å². The van der Waals surface area contributed by atoms with E-state index in [2.05, 4.69) is 29.0 Å². The molecule has 20 heavy (non-hydrogen) atoms. The lowest BCUT2D eigenvalue weighted by atomic mass is 9.99. The third kappa shape index (κ3) is 7.82. The largest absolute Gasteiger partial charge is 0.480 e. The molecule has 5 nitrogen and oxygen atoms in total. The van der Waals surface area contributed by atoms with Crippen molar-refractivity contribution in [3.05, 3.63) is 0 Å². The second-order valence-corrected chi connectivity index (χ2v) is 6.87. The Kier molecular flexibility index (Phi) is 8.32. The number of nitrogens with one attached hydrogen (secondary N) is 1. The highest BCUT2D eigenvalue weighted by molar-refractivity contribution is 5.78. The number of likely N-dealkylation sites (N-methyl/N-ethyl adjacent to an activating group) is 1. The van der Waals surface area contributed by atoms with E-state index < -0.39 is 11.5 Å². The Labute approximate surface area is 124 Å². The molecule has 0 aliphatic rings. The Hall–Kier alpha value is -0.650. The molecule has 120 valence electrons. The van der Waals surface area contributed by atoms with Gasteiger partial charge in [0.15, 0.2) is 0 Å². The minimum Gasteiger partial charge on any atom is -0.480 e. The van der Waals surface area contributed by atoms with Crippen LogP contribution in [0.25, 0.3) is 0 Å². The molecular weight excluding hydrogens is 254 g/mol. The van der Waals surface area contributed by atoms with E-state index in [1.165, 1.54) is 0 Å². The molecule has 2 N–H and O–H groups in total. The van der Waals surface area contributed by atoms with Crippen LogP contribution in [0, 0.1) is 5.92 Å². The fourth-order valence-corrected chi connectivity index (χ4v) is 2.35. The van der Waals surface area contributed by atoms with Crippen LogP contribution in [-0.2, 0) is 4.79 Å². The number of carboxylic acids is 1. The minimum absolute atomic E-state index is 0.144. The molecule has 0 fully saturated rings. The smallest absolute Gasteiger partial charge is 0.324 e. The predicted molar refractivity (Wildman–Crippen MR) is 84.1 cm³/mol. The molecule has 1 atom stereocenters. The number of aliphatic carboxylic acids is 1. The van der Waals surface area contributed by atoms with Gasteiger partial charge in [-0.3, -0.25) is 15.0 Å². The summed E-state index contributed by atoms with van der Waals surface area (Å²) in [5, 5.41) is 12.7. The molecule has 0 amide bonds. The number of carbonyl (C=O) groups is 1. The average molecular weight is 287 g/mol. The first-order valence-electron chi connectivity index (χ1n) is 7.45. The zero-order chi connectivity index (χ0) is 15.9. The summed E-state index contributed by atoms with van der Waals surface area (Å²) in [6.07, 6.45) is 0. The summed E-state index contributed by atoms with van der Waals surface area (Å²) in [6, 6.07) is 0.144. The molecule has 0 saturated carbocycles. The lowest BCUT2D eigenvalue weighted by Crippen LogP contribution is -2.59. The molecule has 0 aromatic rings. The van der Waals surface area contributed by atoms with Crippen LogP contribution in [0.4, 0.5) is 0 Å². The van der Waals surface area contributed by atoms with E-state index in [4.69, 9.17) is 0 Å². The Balaban J connectivity index is 4.82. The third-order valence-electron chi connectivity index (χ3n) is 3.11. The Morgan fingerprint density at radius 1 is 1.20 bits per heavy atom. The maximum Gasteiger partial charge on any atom is 0.324 e. The zero-order valence-electron chi connectivity index (χ0n) is 14.2. The van der Waals surface area contributed by atoms with Gasteiger partial charge in [0.05, 0.1) is 0 Å². The zero-order valence-corrected chi connectivity index (χ0v) is 14.2. The molecule has 5 heteroatoms. The van der Waals surface area contributed by atoms with Gasteiger partial charge < -0.3 is 10.0 Å². The first-order chi connectivity index (χ1) is 9.06.